The summed E-state index contributed by atoms with van der Waals surface area (Å²) < 4.78 is 5.58. The summed E-state index contributed by atoms with van der Waals surface area (Å²) >= 11 is 0. The topological polar surface area (TPSA) is 86.8 Å². The van der Waals surface area contributed by atoms with Gasteiger partial charge in [0.05, 0.1) is 6.54 Å². The van der Waals surface area contributed by atoms with E-state index >= 15 is 0 Å². The molecule has 1 atom stereocenters. The van der Waals surface area contributed by atoms with Crippen LogP contribution in [0.5, 0.6) is 0 Å². The van der Waals surface area contributed by atoms with E-state index in [1.807, 2.05) is 37.3 Å². The maximum atomic E-state index is 12.4. The highest BCUT2D eigenvalue weighted by Crippen LogP contribution is 2.28. The summed E-state index contributed by atoms with van der Waals surface area (Å²) in [7, 11) is 0. The van der Waals surface area contributed by atoms with Crippen LogP contribution in [-0.2, 0) is 4.74 Å². The van der Waals surface area contributed by atoms with Crippen LogP contribution in [0.4, 0.5) is 10.6 Å². The number of cyclic esters (lactones) is 1. The number of nitrogens with one attached hydrogen (secondary N) is 2. The number of amides is 2. The molecule has 2 aromatic rings. The van der Waals surface area contributed by atoms with E-state index in [9.17, 15) is 9.59 Å². The van der Waals surface area contributed by atoms with E-state index in [0.717, 1.165) is 62.3 Å². The Balaban J connectivity index is 1.28. The Bertz CT molecular complexity index is 999. The van der Waals surface area contributed by atoms with Gasteiger partial charge in [-0.05, 0) is 55.2 Å². The van der Waals surface area contributed by atoms with Crippen LogP contribution in [-0.4, -0.2) is 73.3 Å². The molecule has 1 aromatic carbocycles. The van der Waals surface area contributed by atoms with Crippen molar-refractivity contribution in [1.29, 1.82) is 0 Å². The van der Waals surface area contributed by atoms with Crippen LogP contribution >= 0.6 is 0 Å². The van der Waals surface area contributed by atoms with E-state index < -0.39 is 0 Å². The highest BCUT2D eigenvalue weighted by atomic mass is 16.6. The predicted molar refractivity (Wildman–Crippen MR) is 122 cm³/mol. The average molecular weight is 436 g/mol. The standard InChI is InChI=1S/C24H29N5O3/c1-16-2-3-17(23(30)27-19-5-6-19)12-21(16)18-4-7-22(26-13-18)29-15-20(32-24(29)31)14-28-10-8-25-9-11-28/h2-4,7,12-13,19-20,25H,5-6,8-11,14-15H2,1H3,(H,27,30). The number of hydrogen-bond acceptors (Lipinski definition) is 6. The molecule has 5 rings (SSSR count). The molecule has 2 aliphatic heterocycles. The van der Waals surface area contributed by atoms with E-state index in [0.29, 0.717) is 24.0 Å². The third-order valence-corrected chi connectivity index (χ3v) is 6.29. The molecule has 0 spiro atoms. The number of aromatic nitrogens is 1. The summed E-state index contributed by atoms with van der Waals surface area (Å²) in [6.07, 6.45) is 3.39. The molecular weight excluding hydrogens is 406 g/mol. The number of rotatable bonds is 6. The Morgan fingerprint density at radius 1 is 1.22 bits per heavy atom. The molecule has 0 bridgehead atoms. The highest BCUT2D eigenvalue weighted by molar-refractivity contribution is 5.96. The number of aryl methyl sites for hydroxylation is 1. The smallest absolute Gasteiger partial charge is 0.415 e. The largest absolute Gasteiger partial charge is 0.443 e. The van der Waals surface area contributed by atoms with Gasteiger partial charge in [-0.3, -0.25) is 14.6 Å². The highest BCUT2D eigenvalue weighted by Gasteiger charge is 2.34. The van der Waals surface area contributed by atoms with E-state index in [2.05, 4.69) is 20.5 Å². The molecule has 8 heteroatoms. The second-order valence-corrected chi connectivity index (χ2v) is 8.85. The lowest BCUT2D eigenvalue weighted by atomic mass is 9.99. The van der Waals surface area contributed by atoms with Crippen molar-refractivity contribution < 1.29 is 14.3 Å². The average Bonchev–Trinajstić information content (AvgIpc) is 3.55. The Kier molecular flexibility index (Phi) is 5.80. The van der Waals surface area contributed by atoms with Gasteiger partial charge >= 0.3 is 6.09 Å². The number of benzene rings is 1. The van der Waals surface area contributed by atoms with Gasteiger partial charge in [0.1, 0.15) is 11.9 Å². The molecule has 2 amide bonds. The first-order chi connectivity index (χ1) is 15.6. The predicted octanol–water partition coefficient (Wildman–Crippen LogP) is 2.18. The molecule has 1 aromatic heterocycles. The molecule has 1 saturated carbocycles. The van der Waals surface area contributed by atoms with Crippen molar-refractivity contribution in [3.63, 3.8) is 0 Å². The number of pyridine rings is 1. The minimum atomic E-state index is -0.347. The van der Waals surface area contributed by atoms with Crippen molar-refractivity contribution in [3.05, 3.63) is 47.7 Å². The van der Waals surface area contributed by atoms with Crippen LogP contribution in [0.1, 0.15) is 28.8 Å². The Morgan fingerprint density at radius 2 is 2.03 bits per heavy atom. The van der Waals surface area contributed by atoms with Gasteiger partial charge in [-0.1, -0.05) is 6.07 Å². The summed E-state index contributed by atoms with van der Waals surface area (Å²) in [4.78, 5) is 33.3. The van der Waals surface area contributed by atoms with Crippen molar-refractivity contribution in [3.8, 4) is 11.1 Å². The van der Waals surface area contributed by atoms with E-state index in [1.54, 1.807) is 11.1 Å². The van der Waals surface area contributed by atoms with Crippen LogP contribution in [0.15, 0.2) is 36.5 Å². The minimum absolute atomic E-state index is 0.0336. The fourth-order valence-corrected chi connectivity index (χ4v) is 4.26. The third-order valence-electron chi connectivity index (χ3n) is 6.29. The Morgan fingerprint density at radius 3 is 2.75 bits per heavy atom. The van der Waals surface area contributed by atoms with E-state index in [4.69, 9.17) is 4.74 Å². The van der Waals surface area contributed by atoms with Gasteiger partial charge < -0.3 is 15.4 Å². The number of piperazine rings is 1. The van der Waals surface area contributed by atoms with Gasteiger partial charge in [0, 0.05) is 56.1 Å². The number of hydrogen-bond donors (Lipinski definition) is 2. The third kappa shape index (κ3) is 4.61. The summed E-state index contributed by atoms with van der Waals surface area (Å²) in [5.41, 5.74) is 3.60. The summed E-state index contributed by atoms with van der Waals surface area (Å²) in [5.74, 6) is 0.551. The van der Waals surface area contributed by atoms with Crippen molar-refractivity contribution in [2.75, 3.05) is 44.2 Å². The molecule has 3 fully saturated rings. The molecule has 3 heterocycles. The molecule has 168 valence electrons. The van der Waals surface area contributed by atoms with Gasteiger partial charge in [0.25, 0.3) is 5.91 Å². The first-order valence-electron chi connectivity index (χ1n) is 11.4. The first-order valence-corrected chi connectivity index (χ1v) is 11.4. The van der Waals surface area contributed by atoms with Gasteiger partial charge in [0.2, 0.25) is 0 Å². The molecule has 3 aliphatic rings. The molecule has 1 aliphatic carbocycles. The van der Waals surface area contributed by atoms with Crippen LogP contribution in [0.25, 0.3) is 11.1 Å². The minimum Gasteiger partial charge on any atom is -0.443 e. The SMILES string of the molecule is Cc1ccc(C(=O)NC2CC2)cc1-c1ccc(N2CC(CN3CCNCC3)OC2=O)nc1. The summed E-state index contributed by atoms with van der Waals surface area (Å²) in [6.45, 7) is 7.15. The number of anilines is 1. The van der Waals surface area contributed by atoms with Crippen LogP contribution in [0, 0.1) is 6.92 Å². The number of carbonyl (C=O) groups is 2. The van der Waals surface area contributed by atoms with Gasteiger partial charge in [-0.15, -0.1) is 0 Å². The Labute approximate surface area is 187 Å². The molecule has 2 saturated heterocycles. The van der Waals surface area contributed by atoms with E-state index in [-0.39, 0.29) is 18.1 Å². The summed E-state index contributed by atoms with van der Waals surface area (Å²) in [5, 5.41) is 6.37. The quantitative estimate of drug-likeness (QED) is 0.723. The molecule has 32 heavy (non-hydrogen) atoms. The zero-order chi connectivity index (χ0) is 22.1. The molecule has 0 radical (unpaired) electrons. The van der Waals surface area contributed by atoms with Crippen LogP contribution in [0.2, 0.25) is 0 Å². The van der Waals surface area contributed by atoms with Crippen molar-refractivity contribution in [2.45, 2.75) is 31.9 Å². The monoisotopic (exact) mass is 435 g/mol. The van der Waals surface area contributed by atoms with Gasteiger partial charge in [-0.2, -0.15) is 0 Å². The maximum absolute atomic E-state index is 12.4. The van der Waals surface area contributed by atoms with Gasteiger partial charge in [-0.25, -0.2) is 9.78 Å². The van der Waals surface area contributed by atoms with Crippen molar-refractivity contribution in [1.82, 2.24) is 20.5 Å². The Hall–Kier alpha value is -2.97. The van der Waals surface area contributed by atoms with Crippen LogP contribution in [0.3, 0.4) is 0 Å². The maximum Gasteiger partial charge on any atom is 0.415 e. The number of ether oxygens (including phenoxy) is 1. The van der Waals surface area contributed by atoms with Crippen LogP contribution < -0.4 is 15.5 Å². The zero-order valence-electron chi connectivity index (χ0n) is 18.3. The van der Waals surface area contributed by atoms with E-state index in [1.165, 1.54) is 0 Å². The molecule has 2 N–H and O–H groups in total. The normalized spacial score (nSPS) is 21.5. The fraction of sp³-hybridized carbons (Fsp3) is 0.458. The molecule has 1 unspecified atom stereocenters. The fourth-order valence-electron chi connectivity index (χ4n) is 4.26. The molecular formula is C24H29N5O3. The lowest BCUT2D eigenvalue weighted by Gasteiger charge is -2.28. The lowest BCUT2D eigenvalue weighted by molar-refractivity contribution is 0.0950. The number of nitrogens with zero attached hydrogens (tertiary/aromatic N) is 3. The second kappa shape index (κ2) is 8.88. The van der Waals surface area contributed by atoms with Crippen molar-refractivity contribution >= 4 is 17.8 Å². The van der Waals surface area contributed by atoms with Gasteiger partial charge in [0.15, 0.2) is 0 Å². The number of carbonyl (C=O) groups excluding carboxylic acids is 2. The second-order valence-electron chi connectivity index (χ2n) is 8.85. The first kappa shape index (κ1) is 20.9. The zero-order valence-corrected chi connectivity index (χ0v) is 18.3. The molecule has 8 nitrogen and oxygen atoms in total. The van der Waals surface area contributed by atoms with Crippen molar-refractivity contribution in [2.24, 2.45) is 0 Å². The lowest BCUT2D eigenvalue weighted by Crippen LogP contribution is -2.46. The summed E-state index contributed by atoms with van der Waals surface area (Å²) in [6, 6.07) is 9.85.